The minimum Gasteiger partial charge on any atom is -0.494 e. The molecule has 3 rings (SSSR count). The normalized spacial score (nSPS) is 10.9. The van der Waals surface area contributed by atoms with Crippen molar-refractivity contribution in [3.05, 3.63) is 62.9 Å². The van der Waals surface area contributed by atoms with Gasteiger partial charge in [0.15, 0.2) is 0 Å². The third kappa shape index (κ3) is 3.37. The Hall–Kier alpha value is -2.60. The van der Waals surface area contributed by atoms with E-state index in [9.17, 15) is 9.59 Å². The van der Waals surface area contributed by atoms with Gasteiger partial charge >= 0.3 is 0 Å². The maximum absolute atomic E-state index is 12.8. The number of pyridine rings is 1. The summed E-state index contributed by atoms with van der Waals surface area (Å²) in [5, 5.41) is 3.44. The maximum atomic E-state index is 12.8. The van der Waals surface area contributed by atoms with Crippen LogP contribution in [0.25, 0.3) is 10.1 Å². The number of aromatic nitrogens is 1. The first-order valence-electron chi connectivity index (χ1n) is 8.68. The molecule has 136 valence electrons. The van der Waals surface area contributed by atoms with E-state index in [4.69, 9.17) is 4.74 Å². The van der Waals surface area contributed by atoms with Crippen LogP contribution in [0.2, 0.25) is 0 Å². The van der Waals surface area contributed by atoms with Gasteiger partial charge in [0.2, 0.25) is 0 Å². The van der Waals surface area contributed by atoms with E-state index in [1.807, 2.05) is 51.1 Å². The minimum absolute atomic E-state index is 0.116. The molecule has 1 N–H and O–H groups in total. The maximum Gasteiger partial charge on any atom is 0.260 e. The van der Waals surface area contributed by atoms with E-state index in [0.717, 1.165) is 20.9 Å². The number of carbonyl (C=O) groups excluding carboxylic acids is 1. The zero-order chi connectivity index (χ0) is 18.7. The number of aryl methyl sites for hydroxylation is 2. The molecule has 5 nitrogen and oxygen atoms in total. The average molecular weight is 370 g/mol. The van der Waals surface area contributed by atoms with Gasteiger partial charge in [0, 0.05) is 34.4 Å². The third-order valence-electron chi connectivity index (χ3n) is 4.27. The van der Waals surface area contributed by atoms with Gasteiger partial charge in [-0.05, 0) is 32.9 Å². The van der Waals surface area contributed by atoms with Gasteiger partial charge < -0.3 is 14.6 Å². The van der Waals surface area contributed by atoms with Gasteiger partial charge in [0.05, 0.1) is 17.6 Å². The number of carbonyl (C=O) groups is 1. The number of nitrogens with one attached hydrogen (secondary N) is 1. The van der Waals surface area contributed by atoms with E-state index in [2.05, 4.69) is 5.32 Å². The van der Waals surface area contributed by atoms with Crippen molar-refractivity contribution in [1.82, 2.24) is 9.88 Å². The molecule has 3 aromatic rings. The van der Waals surface area contributed by atoms with Crippen molar-refractivity contribution in [2.45, 2.75) is 33.9 Å². The number of benzene rings is 1. The quantitative estimate of drug-likeness (QED) is 0.719. The number of para-hydroxylation sites is 1. The molecule has 0 fully saturated rings. The summed E-state index contributed by atoms with van der Waals surface area (Å²) in [5.41, 5.74) is 1.27. The van der Waals surface area contributed by atoms with Crippen LogP contribution in [0.1, 0.15) is 34.6 Å². The number of rotatable bonds is 6. The zero-order valence-electron chi connectivity index (χ0n) is 15.2. The van der Waals surface area contributed by atoms with Crippen LogP contribution in [-0.4, -0.2) is 17.1 Å². The molecular weight excluding hydrogens is 348 g/mol. The van der Waals surface area contributed by atoms with Gasteiger partial charge in [-0.25, -0.2) is 0 Å². The highest BCUT2D eigenvalue weighted by atomic mass is 32.1. The molecule has 0 atom stereocenters. The highest BCUT2D eigenvalue weighted by Gasteiger charge is 2.20. The minimum atomic E-state index is -0.231. The monoisotopic (exact) mass is 370 g/mol. The Morgan fingerprint density at radius 1 is 1.23 bits per heavy atom. The van der Waals surface area contributed by atoms with Crippen molar-refractivity contribution in [2.75, 3.05) is 6.61 Å². The molecule has 6 heteroatoms. The Morgan fingerprint density at radius 2 is 2.00 bits per heavy atom. The number of nitrogens with zero attached hydrogens (tertiary/aromatic N) is 1. The van der Waals surface area contributed by atoms with Crippen molar-refractivity contribution >= 4 is 27.3 Å². The van der Waals surface area contributed by atoms with Crippen molar-refractivity contribution in [3.8, 4) is 5.75 Å². The molecule has 2 heterocycles. The first-order valence-corrected chi connectivity index (χ1v) is 9.49. The summed E-state index contributed by atoms with van der Waals surface area (Å²) in [6.45, 7) is 7.21. The Balaban J connectivity index is 1.91. The lowest BCUT2D eigenvalue weighted by Gasteiger charge is -2.11. The smallest absolute Gasteiger partial charge is 0.260 e. The van der Waals surface area contributed by atoms with Crippen LogP contribution in [0.4, 0.5) is 0 Å². The molecule has 0 aliphatic carbocycles. The lowest BCUT2D eigenvalue weighted by Crippen LogP contribution is -2.26. The largest absolute Gasteiger partial charge is 0.494 e. The van der Waals surface area contributed by atoms with Gasteiger partial charge in [0.25, 0.3) is 11.5 Å². The number of amides is 1. The molecule has 0 aliphatic rings. The first kappa shape index (κ1) is 18.2. The Morgan fingerprint density at radius 3 is 2.73 bits per heavy atom. The molecule has 0 saturated carbocycles. The van der Waals surface area contributed by atoms with Gasteiger partial charge in [-0.2, -0.15) is 0 Å². The molecule has 1 amide bonds. The highest BCUT2D eigenvalue weighted by Crippen LogP contribution is 2.28. The zero-order valence-corrected chi connectivity index (χ0v) is 16.0. The predicted octanol–water partition coefficient (Wildman–Crippen LogP) is 3.72. The van der Waals surface area contributed by atoms with Crippen LogP contribution < -0.4 is 15.6 Å². The molecule has 1 aromatic carbocycles. The summed E-state index contributed by atoms with van der Waals surface area (Å²) < 4.78 is 8.07. The van der Waals surface area contributed by atoms with Crippen molar-refractivity contribution in [3.63, 3.8) is 0 Å². The summed E-state index contributed by atoms with van der Waals surface area (Å²) in [7, 11) is 0. The summed E-state index contributed by atoms with van der Waals surface area (Å²) in [6, 6.07) is 9.53. The topological polar surface area (TPSA) is 60.3 Å². The third-order valence-corrected chi connectivity index (χ3v) is 5.34. The van der Waals surface area contributed by atoms with Crippen molar-refractivity contribution in [1.29, 1.82) is 0 Å². The van der Waals surface area contributed by atoms with Gasteiger partial charge in [-0.1, -0.05) is 18.2 Å². The fourth-order valence-corrected chi connectivity index (χ4v) is 4.04. The predicted molar refractivity (Wildman–Crippen MR) is 105 cm³/mol. The average Bonchev–Trinajstić information content (AvgIpc) is 2.98. The van der Waals surface area contributed by atoms with Gasteiger partial charge in [0.1, 0.15) is 5.75 Å². The number of ether oxygens (including phenoxy) is 1. The Kier molecular flexibility index (Phi) is 5.42. The number of hydrogen-bond donors (Lipinski definition) is 1. The lowest BCUT2D eigenvalue weighted by atomic mass is 10.1. The molecule has 2 aromatic heterocycles. The molecule has 0 bridgehead atoms. The molecule has 0 spiro atoms. The standard InChI is InChI=1S/C20H22N2O3S/c1-4-22-11-10-16-18(20(22)24)17(13(3)26-16)19(23)21-12-14-8-6-7-9-15(14)25-5-2/h6-11H,4-5,12H2,1-3H3,(H,21,23). The van der Waals surface area contributed by atoms with E-state index >= 15 is 0 Å². The molecule has 0 aliphatic heterocycles. The molecule has 0 radical (unpaired) electrons. The molecule has 0 saturated heterocycles. The Labute approximate surface area is 156 Å². The van der Waals surface area contributed by atoms with E-state index < -0.39 is 0 Å². The summed E-state index contributed by atoms with van der Waals surface area (Å²) in [4.78, 5) is 26.4. The van der Waals surface area contributed by atoms with Crippen molar-refractivity contribution in [2.24, 2.45) is 0 Å². The van der Waals surface area contributed by atoms with Crippen LogP contribution in [0.15, 0.2) is 41.3 Å². The number of thiophene rings is 1. The summed E-state index contributed by atoms with van der Waals surface area (Å²) in [6.07, 6.45) is 1.78. The number of hydrogen-bond acceptors (Lipinski definition) is 4. The van der Waals surface area contributed by atoms with Crippen LogP contribution in [0.3, 0.4) is 0 Å². The van der Waals surface area contributed by atoms with Crippen LogP contribution in [0.5, 0.6) is 5.75 Å². The fraction of sp³-hybridized carbons (Fsp3) is 0.300. The molecule has 0 unspecified atom stereocenters. The fourth-order valence-electron chi connectivity index (χ4n) is 3.00. The Bertz CT molecular complexity index is 1000. The highest BCUT2D eigenvalue weighted by molar-refractivity contribution is 7.19. The summed E-state index contributed by atoms with van der Waals surface area (Å²) in [5.74, 6) is 0.529. The van der Waals surface area contributed by atoms with Crippen LogP contribution in [-0.2, 0) is 13.1 Å². The lowest BCUT2D eigenvalue weighted by molar-refractivity contribution is 0.0952. The van der Waals surface area contributed by atoms with Crippen molar-refractivity contribution < 1.29 is 9.53 Å². The van der Waals surface area contributed by atoms with Gasteiger partial charge in [-0.15, -0.1) is 11.3 Å². The summed E-state index contributed by atoms with van der Waals surface area (Å²) >= 11 is 1.47. The molecular formula is C20H22N2O3S. The van der Waals surface area contributed by atoms with E-state index in [-0.39, 0.29) is 11.5 Å². The van der Waals surface area contributed by atoms with Gasteiger partial charge in [-0.3, -0.25) is 9.59 Å². The van der Waals surface area contributed by atoms with E-state index in [1.54, 1.807) is 10.8 Å². The van der Waals surface area contributed by atoms with Crippen LogP contribution in [0, 0.1) is 6.92 Å². The second-order valence-corrected chi connectivity index (χ2v) is 7.16. The van der Waals surface area contributed by atoms with E-state index in [1.165, 1.54) is 11.3 Å². The van der Waals surface area contributed by atoms with Crippen LogP contribution >= 0.6 is 11.3 Å². The molecule has 26 heavy (non-hydrogen) atoms. The van der Waals surface area contributed by atoms with E-state index in [0.29, 0.717) is 30.6 Å². The number of fused-ring (bicyclic) bond motifs is 1. The second kappa shape index (κ2) is 7.74. The second-order valence-electron chi connectivity index (χ2n) is 5.90. The first-order chi connectivity index (χ1) is 12.6. The SMILES string of the molecule is CCOc1ccccc1CNC(=O)c1c(C)sc2ccn(CC)c(=O)c12.